The summed E-state index contributed by atoms with van der Waals surface area (Å²) in [5, 5.41) is 4.22. The Kier molecular flexibility index (Phi) is 3.98. The van der Waals surface area contributed by atoms with Gasteiger partial charge < -0.3 is 0 Å². The maximum atomic E-state index is 13.6. The van der Waals surface area contributed by atoms with Crippen LogP contribution in [0.15, 0.2) is 79.4 Å². The van der Waals surface area contributed by atoms with Crippen LogP contribution in [0.25, 0.3) is 39.0 Å². The Balaban J connectivity index is 1.56. The molecule has 0 radical (unpaired) electrons. The fourth-order valence-corrected chi connectivity index (χ4v) is 3.48. The van der Waals surface area contributed by atoms with E-state index in [1.807, 2.05) is 66.5 Å². The summed E-state index contributed by atoms with van der Waals surface area (Å²) < 4.78 is 30.6. The number of hydrogen-bond donors (Lipinski definition) is 0. The molecule has 29 heavy (non-hydrogen) atoms. The lowest BCUT2D eigenvalue weighted by Gasteiger charge is -2.08. The van der Waals surface area contributed by atoms with Crippen molar-refractivity contribution in [3.8, 4) is 27.9 Å². The summed E-state index contributed by atoms with van der Waals surface area (Å²) in [6.45, 7) is 0. The van der Waals surface area contributed by atoms with Crippen molar-refractivity contribution in [3.63, 3.8) is 0 Å². The van der Waals surface area contributed by atoms with Gasteiger partial charge in [0.15, 0.2) is 11.6 Å². The summed E-state index contributed by atoms with van der Waals surface area (Å²) in [4.78, 5) is 4.54. The molecule has 0 atom stereocenters. The second-order valence-electron chi connectivity index (χ2n) is 6.90. The van der Waals surface area contributed by atoms with E-state index >= 15 is 0 Å². The van der Waals surface area contributed by atoms with E-state index in [0.717, 1.165) is 39.5 Å². The first kappa shape index (κ1) is 17.3. The standard InChI is InChI=1S/C23H16F2N4/c1-28-13-18(12-27-28)17-6-8-23-22(11-17)26-14-29(23)19-4-2-3-15(9-19)16-5-7-20(24)21(25)10-16/h2-14H,1H3. The van der Waals surface area contributed by atoms with Gasteiger partial charge in [-0.3, -0.25) is 9.25 Å². The quantitative estimate of drug-likeness (QED) is 0.418. The second kappa shape index (κ2) is 6.67. The molecule has 2 aromatic heterocycles. The average Bonchev–Trinajstić information content (AvgIpc) is 3.36. The molecule has 5 rings (SSSR count). The molecule has 0 amide bonds. The smallest absolute Gasteiger partial charge is 0.159 e. The Morgan fingerprint density at radius 3 is 2.38 bits per heavy atom. The van der Waals surface area contributed by atoms with Gasteiger partial charge in [0.05, 0.1) is 17.2 Å². The number of benzene rings is 3. The summed E-state index contributed by atoms with van der Waals surface area (Å²) in [6.07, 6.45) is 5.55. The van der Waals surface area contributed by atoms with E-state index in [4.69, 9.17) is 0 Å². The van der Waals surface area contributed by atoms with Crippen molar-refractivity contribution in [3.05, 3.63) is 91.0 Å². The first-order chi connectivity index (χ1) is 14.1. The minimum Gasteiger partial charge on any atom is -0.299 e. The van der Waals surface area contributed by atoms with Gasteiger partial charge in [0.25, 0.3) is 0 Å². The molecule has 0 aliphatic heterocycles. The van der Waals surface area contributed by atoms with Crippen molar-refractivity contribution in [1.29, 1.82) is 0 Å². The lowest BCUT2D eigenvalue weighted by Crippen LogP contribution is -1.93. The number of nitrogens with zero attached hydrogens (tertiary/aromatic N) is 4. The Hall–Kier alpha value is -3.80. The number of rotatable bonds is 3. The van der Waals surface area contributed by atoms with Crippen LogP contribution in [0.5, 0.6) is 0 Å². The molecule has 0 spiro atoms. The van der Waals surface area contributed by atoms with Crippen molar-refractivity contribution >= 4 is 11.0 Å². The molecule has 0 N–H and O–H groups in total. The van der Waals surface area contributed by atoms with Crippen LogP contribution in [0.1, 0.15) is 0 Å². The van der Waals surface area contributed by atoms with Crippen LogP contribution in [0.3, 0.4) is 0 Å². The summed E-state index contributed by atoms with van der Waals surface area (Å²) in [5.41, 5.74) is 6.22. The highest BCUT2D eigenvalue weighted by Gasteiger charge is 2.10. The Labute approximate surface area is 165 Å². The lowest BCUT2D eigenvalue weighted by molar-refractivity contribution is 0.509. The number of aromatic nitrogens is 4. The summed E-state index contributed by atoms with van der Waals surface area (Å²) in [5.74, 6) is -1.71. The van der Waals surface area contributed by atoms with E-state index in [9.17, 15) is 8.78 Å². The van der Waals surface area contributed by atoms with Crippen LogP contribution >= 0.6 is 0 Å². The van der Waals surface area contributed by atoms with Gasteiger partial charge in [0, 0.05) is 24.5 Å². The van der Waals surface area contributed by atoms with Crippen molar-refractivity contribution in [2.45, 2.75) is 0 Å². The predicted octanol–water partition coefficient (Wildman–Crippen LogP) is 5.37. The van der Waals surface area contributed by atoms with Crippen LogP contribution in [-0.2, 0) is 7.05 Å². The van der Waals surface area contributed by atoms with E-state index in [2.05, 4.69) is 10.1 Å². The topological polar surface area (TPSA) is 35.6 Å². The van der Waals surface area contributed by atoms with E-state index < -0.39 is 11.6 Å². The van der Waals surface area contributed by atoms with Crippen molar-refractivity contribution in [2.75, 3.05) is 0 Å². The SMILES string of the molecule is Cn1cc(-c2ccc3c(c2)ncn3-c2cccc(-c3ccc(F)c(F)c3)c2)cn1. The molecule has 2 heterocycles. The van der Waals surface area contributed by atoms with Gasteiger partial charge in [-0.15, -0.1) is 0 Å². The third-order valence-corrected chi connectivity index (χ3v) is 4.96. The maximum absolute atomic E-state index is 13.6. The van der Waals surface area contributed by atoms with Crippen molar-refractivity contribution in [2.24, 2.45) is 7.05 Å². The van der Waals surface area contributed by atoms with Gasteiger partial charge in [0.1, 0.15) is 6.33 Å². The van der Waals surface area contributed by atoms with Gasteiger partial charge in [0.2, 0.25) is 0 Å². The molecule has 5 aromatic rings. The number of halogens is 2. The highest BCUT2D eigenvalue weighted by Crippen LogP contribution is 2.28. The molecule has 0 fully saturated rings. The molecule has 0 bridgehead atoms. The fourth-order valence-electron chi connectivity index (χ4n) is 3.48. The number of aryl methyl sites for hydroxylation is 1. The first-order valence-electron chi connectivity index (χ1n) is 9.10. The van der Waals surface area contributed by atoms with Gasteiger partial charge in [-0.2, -0.15) is 5.10 Å². The Bertz CT molecular complexity index is 1350. The molecule has 0 unspecified atom stereocenters. The average molecular weight is 386 g/mol. The Morgan fingerprint density at radius 1 is 0.793 bits per heavy atom. The molecule has 0 aliphatic carbocycles. The monoisotopic (exact) mass is 386 g/mol. The van der Waals surface area contributed by atoms with Gasteiger partial charge in [-0.05, 0) is 53.1 Å². The van der Waals surface area contributed by atoms with Gasteiger partial charge in [-0.25, -0.2) is 13.8 Å². The van der Waals surface area contributed by atoms with Gasteiger partial charge >= 0.3 is 0 Å². The van der Waals surface area contributed by atoms with Crippen molar-refractivity contribution in [1.82, 2.24) is 19.3 Å². The second-order valence-corrected chi connectivity index (χ2v) is 6.90. The zero-order chi connectivity index (χ0) is 20.0. The molecule has 0 saturated heterocycles. The molecule has 142 valence electrons. The van der Waals surface area contributed by atoms with E-state index in [-0.39, 0.29) is 0 Å². The summed E-state index contributed by atoms with van der Waals surface area (Å²) in [7, 11) is 1.89. The summed E-state index contributed by atoms with van der Waals surface area (Å²) >= 11 is 0. The normalized spacial score (nSPS) is 11.3. The zero-order valence-electron chi connectivity index (χ0n) is 15.6. The third kappa shape index (κ3) is 3.08. The van der Waals surface area contributed by atoms with Crippen LogP contribution < -0.4 is 0 Å². The lowest BCUT2D eigenvalue weighted by atomic mass is 10.0. The predicted molar refractivity (Wildman–Crippen MR) is 109 cm³/mol. The van der Waals surface area contributed by atoms with E-state index in [1.54, 1.807) is 17.1 Å². The number of hydrogen-bond acceptors (Lipinski definition) is 2. The first-order valence-corrected chi connectivity index (χ1v) is 9.10. The highest BCUT2D eigenvalue weighted by atomic mass is 19.2. The molecule has 4 nitrogen and oxygen atoms in total. The highest BCUT2D eigenvalue weighted by molar-refractivity contribution is 5.83. The van der Waals surface area contributed by atoms with Crippen molar-refractivity contribution < 1.29 is 8.78 Å². The van der Waals surface area contributed by atoms with Crippen LogP contribution in [0.2, 0.25) is 0 Å². The largest absolute Gasteiger partial charge is 0.299 e. The zero-order valence-corrected chi connectivity index (χ0v) is 15.6. The molecule has 0 aliphatic rings. The van der Waals surface area contributed by atoms with Crippen LogP contribution in [0.4, 0.5) is 8.78 Å². The van der Waals surface area contributed by atoms with Crippen LogP contribution in [0, 0.1) is 11.6 Å². The molecular formula is C23H16F2N4. The summed E-state index contributed by atoms with van der Waals surface area (Å²) in [6, 6.07) is 17.7. The third-order valence-electron chi connectivity index (χ3n) is 4.96. The fraction of sp³-hybridized carbons (Fsp3) is 0.0435. The minimum atomic E-state index is -0.857. The molecule has 6 heteroatoms. The number of imidazole rings is 1. The maximum Gasteiger partial charge on any atom is 0.159 e. The number of fused-ring (bicyclic) bond motifs is 1. The van der Waals surface area contributed by atoms with Gasteiger partial charge in [-0.1, -0.05) is 24.3 Å². The minimum absolute atomic E-state index is 0.619. The molecule has 0 saturated carbocycles. The Morgan fingerprint density at radius 2 is 1.59 bits per heavy atom. The molecular weight excluding hydrogens is 370 g/mol. The van der Waals surface area contributed by atoms with Crippen LogP contribution in [-0.4, -0.2) is 19.3 Å². The van der Waals surface area contributed by atoms with E-state index in [1.165, 1.54) is 6.07 Å². The van der Waals surface area contributed by atoms with E-state index in [0.29, 0.717) is 5.56 Å². The molecule has 3 aromatic carbocycles.